The van der Waals surface area contributed by atoms with Crippen LogP contribution in [0.5, 0.6) is 0 Å². The molecule has 1 aliphatic carbocycles. The summed E-state index contributed by atoms with van der Waals surface area (Å²) in [6, 6.07) is 0. The Balaban J connectivity index is 2.89. The van der Waals surface area contributed by atoms with Gasteiger partial charge in [-0.05, 0) is 63.2 Å². The minimum absolute atomic E-state index is 0.261. The van der Waals surface area contributed by atoms with E-state index in [-0.39, 0.29) is 15.8 Å². The topological polar surface area (TPSA) is 0 Å². The van der Waals surface area contributed by atoms with Crippen molar-refractivity contribution in [1.82, 2.24) is 0 Å². The normalized spacial score (nSPS) is 16.1. The van der Waals surface area contributed by atoms with Crippen LogP contribution in [0.4, 0.5) is 0 Å². The lowest BCUT2D eigenvalue weighted by Crippen LogP contribution is -2.26. The van der Waals surface area contributed by atoms with Crippen molar-refractivity contribution in [1.29, 1.82) is 0 Å². The average molecular weight is 471 g/mol. The zero-order chi connectivity index (χ0) is 22.6. The quantitative estimate of drug-likeness (QED) is 0.109. The monoisotopic (exact) mass is 470 g/mol. The maximum absolute atomic E-state index is 2.37. The maximum Gasteiger partial charge on any atom is 0.0106 e. The molecule has 0 unspecified atom stereocenters. The summed E-state index contributed by atoms with van der Waals surface area (Å²) in [7, 11) is 0.523. The van der Waals surface area contributed by atoms with E-state index in [2.05, 4.69) is 27.7 Å². The van der Waals surface area contributed by atoms with Crippen LogP contribution in [0.1, 0.15) is 156 Å². The molecule has 1 rings (SSSR count). The zero-order valence-corrected chi connectivity index (χ0v) is 24.2. The SMILES string of the molecule is CCCCCCP(CCCCCC)C1(P(CCCCCC)CCCCCC)CCCC1. The summed E-state index contributed by atoms with van der Waals surface area (Å²) in [5, 5.41) is 0. The molecule has 0 nitrogen and oxygen atoms in total. The lowest BCUT2D eigenvalue weighted by molar-refractivity contribution is 0.678. The number of hydrogen-bond donors (Lipinski definition) is 0. The van der Waals surface area contributed by atoms with Gasteiger partial charge in [0.1, 0.15) is 0 Å². The Morgan fingerprint density at radius 3 is 0.968 bits per heavy atom. The third-order valence-corrected chi connectivity index (χ3v) is 16.1. The lowest BCUT2D eigenvalue weighted by Gasteiger charge is -2.46. The van der Waals surface area contributed by atoms with Crippen LogP contribution < -0.4 is 0 Å². The highest BCUT2D eigenvalue weighted by Gasteiger charge is 2.45. The zero-order valence-electron chi connectivity index (χ0n) is 22.4. The summed E-state index contributed by atoms with van der Waals surface area (Å²) < 4.78 is 0. The molecule has 1 fully saturated rings. The molecule has 2 heteroatoms. The molecule has 186 valence electrons. The molecule has 0 aromatic carbocycles. The van der Waals surface area contributed by atoms with Crippen molar-refractivity contribution in [2.24, 2.45) is 0 Å². The van der Waals surface area contributed by atoms with Gasteiger partial charge < -0.3 is 0 Å². The van der Waals surface area contributed by atoms with E-state index in [9.17, 15) is 0 Å². The van der Waals surface area contributed by atoms with Crippen molar-refractivity contribution in [2.45, 2.75) is 161 Å². The van der Waals surface area contributed by atoms with Gasteiger partial charge >= 0.3 is 0 Å². The smallest absolute Gasteiger partial charge is 0.0106 e. The largest absolute Gasteiger partial charge is 0.0959 e. The Kier molecular flexibility index (Phi) is 19.5. The van der Waals surface area contributed by atoms with Gasteiger partial charge in [0, 0.05) is 4.90 Å². The highest BCUT2D eigenvalue weighted by Crippen LogP contribution is 2.74. The molecule has 0 N–H and O–H groups in total. The van der Waals surface area contributed by atoms with Crippen molar-refractivity contribution >= 4 is 15.8 Å². The number of rotatable bonds is 22. The number of hydrogen-bond acceptors (Lipinski definition) is 0. The molecular formula is C29H60P2. The first-order chi connectivity index (χ1) is 15.2. The molecule has 0 aliphatic heterocycles. The average Bonchev–Trinajstić information content (AvgIpc) is 3.27. The summed E-state index contributed by atoms with van der Waals surface area (Å²) in [6.45, 7) is 9.49. The maximum atomic E-state index is 2.37. The molecule has 31 heavy (non-hydrogen) atoms. The van der Waals surface area contributed by atoms with Gasteiger partial charge in [-0.3, -0.25) is 0 Å². The van der Waals surface area contributed by atoms with Crippen LogP contribution in [0.3, 0.4) is 0 Å². The highest BCUT2D eigenvalue weighted by molar-refractivity contribution is 7.77. The summed E-state index contributed by atoms with van der Waals surface area (Å²) in [4.78, 5) is 0.849. The molecule has 0 bridgehead atoms. The van der Waals surface area contributed by atoms with Crippen molar-refractivity contribution in [2.75, 3.05) is 24.6 Å². The molecule has 0 amide bonds. The lowest BCUT2D eigenvalue weighted by atomic mass is 10.2. The molecule has 0 spiro atoms. The van der Waals surface area contributed by atoms with Gasteiger partial charge in [0.25, 0.3) is 0 Å². The van der Waals surface area contributed by atoms with Gasteiger partial charge in [-0.1, -0.05) is 133 Å². The molecular weight excluding hydrogens is 410 g/mol. The van der Waals surface area contributed by atoms with E-state index >= 15 is 0 Å². The summed E-state index contributed by atoms with van der Waals surface area (Å²) in [6.07, 6.45) is 36.5. The molecule has 0 saturated heterocycles. The highest BCUT2D eigenvalue weighted by atomic mass is 31.2. The minimum Gasteiger partial charge on any atom is -0.0959 e. The van der Waals surface area contributed by atoms with Crippen LogP contribution in [0.25, 0.3) is 0 Å². The van der Waals surface area contributed by atoms with Crippen LogP contribution in [-0.2, 0) is 0 Å². The van der Waals surface area contributed by atoms with Crippen molar-refractivity contribution in [3.05, 3.63) is 0 Å². The van der Waals surface area contributed by atoms with Gasteiger partial charge in [-0.25, -0.2) is 0 Å². The Hall–Kier alpha value is 0.860. The van der Waals surface area contributed by atoms with E-state index in [1.807, 2.05) is 0 Å². The Morgan fingerprint density at radius 1 is 0.419 bits per heavy atom. The van der Waals surface area contributed by atoms with Gasteiger partial charge in [0.15, 0.2) is 0 Å². The van der Waals surface area contributed by atoms with Crippen LogP contribution in [0.15, 0.2) is 0 Å². The second-order valence-electron chi connectivity index (χ2n) is 10.4. The van der Waals surface area contributed by atoms with Gasteiger partial charge in [0.05, 0.1) is 0 Å². The van der Waals surface area contributed by atoms with Crippen molar-refractivity contribution in [3.8, 4) is 0 Å². The molecule has 0 aromatic rings. The van der Waals surface area contributed by atoms with Crippen molar-refractivity contribution in [3.63, 3.8) is 0 Å². The molecule has 1 saturated carbocycles. The Bertz CT molecular complexity index is 321. The first-order valence-corrected chi connectivity index (χ1v) is 18.2. The van der Waals surface area contributed by atoms with Gasteiger partial charge in [-0.15, -0.1) is 0 Å². The standard InChI is InChI=1S/C29H60P2/c1-5-9-13-19-25-30(26-20-14-10-6-2)29(23-17-18-24-29)31(27-21-15-11-7-3)28-22-16-12-8-4/h5-28H2,1-4H3. The van der Waals surface area contributed by atoms with E-state index < -0.39 is 0 Å². The van der Waals surface area contributed by atoms with Gasteiger partial charge in [-0.2, -0.15) is 0 Å². The fraction of sp³-hybridized carbons (Fsp3) is 1.00. The first kappa shape index (κ1) is 29.9. The third-order valence-electron chi connectivity index (χ3n) is 7.71. The van der Waals surface area contributed by atoms with Crippen LogP contribution in [0.2, 0.25) is 0 Å². The van der Waals surface area contributed by atoms with Gasteiger partial charge in [0.2, 0.25) is 0 Å². The van der Waals surface area contributed by atoms with E-state index in [1.54, 1.807) is 76.0 Å². The predicted octanol–water partition coefficient (Wildman–Crippen LogP) is 11.5. The second-order valence-corrected chi connectivity index (χ2v) is 16.4. The molecule has 0 atom stereocenters. The first-order valence-electron chi connectivity index (χ1n) is 14.7. The van der Waals surface area contributed by atoms with Crippen LogP contribution in [-0.4, -0.2) is 29.5 Å². The predicted molar refractivity (Wildman–Crippen MR) is 151 cm³/mol. The summed E-state index contributed by atoms with van der Waals surface area (Å²) in [5.41, 5.74) is 0. The van der Waals surface area contributed by atoms with Crippen molar-refractivity contribution < 1.29 is 0 Å². The van der Waals surface area contributed by atoms with Crippen LogP contribution >= 0.6 is 15.8 Å². The Morgan fingerprint density at radius 2 is 0.710 bits per heavy atom. The Labute approximate surface area is 201 Å². The van der Waals surface area contributed by atoms with Crippen LogP contribution in [0, 0.1) is 0 Å². The second kappa shape index (κ2) is 20.3. The molecule has 0 radical (unpaired) electrons. The number of unbranched alkanes of at least 4 members (excludes halogenated alkanes) is 12. The molecule has 0 aromatic heterocycles. The fourth-order valence-electron chi connectivity index (χ4n) is 5.75. The summed E-state index contributed by atoms with van der Waals surface area (Å²) in [5.74, 6) is 0. The van der Waals surface area contributed by atoms with E-state index in [0.29, 0.717) is 0 Å². The molecule has 0 heterocycles. The minimum atomic E-state index is 0.261. The van der Waals surface area contributed by atoms with E-state index in [1.165, 1.54) is 77.0 Å². The summed E-state index contributed by atoms with van der Waals surface area (Å²) >= 11 is 0. The fourth-order valence-corrected chi connectivity index (χ4v) is 15.0. The van der Waals surface area contributed by atoms with E-state index in [0.717, 1.165) is 4.90 Å². The van der Waals surface area contributed by atoms with E-state index in [4.69, 9.17) is 0 Å². The third kappa shape index (κ3) is 12.2. The molecule has 1 aliphatic rings.